The number of carboxylic acid groups (broad SMARTS) is 3. The summed E-state index contributed by atoms with van der Waals surface area (Å²) in [6.45, 7) is 3.54. The lowest BCUT2D eigenvalue weighted by Crippen LogP contribution is -2.52. The van der Waals surface area contributed by atoms with E-state index in [4.69, 9.17) is 15.3 Å². The molecule has 7 heteroatoms. The van der Waals surface area contributed by atoms with Gasteiger partial charge in [0, 0.05) is 0 Å². The summed E-state index contributed by atoms with van der Waals surface area (Å²) >= 11 is 0. The first-order chi connectivity index (χ1) is 14.8. The van der Waals surface area contributed by atoms with Crippen LogP contribution in [-0.4, -0.2) is 63.9 Å². The monoisotopic (exact) mass is 442 g/mol. The fourth-order valence-electron chi connectivity index (χ4n) is 3.96. The smallest absolute Gasteiger partial charge is 0.309 e. The third kappa shape index (κ3) is 18.6. The van der Waals surface area contributed by atoms with E-state index in [1.165, 1.54) is 51.4 Å². The average Bonchev–Trinajstić information content (AvgIpc) is 2.72. The number of carbonyl (C=O) groups is 3. The van der Waals surface area contributed by atoms with Crippen LogP contribution in [0.3, 0.4) is 0 Å². The van der Waals surface area contributed by atoms with Crippen LogP contribution in [0, 0.1) is 0 Å². The summed E-state index contributed by atoms with van der Waals surface area (Å²) in [6, 6.07) is 0. The molecule has 0 aromatic carbocycles. The maximum absolute atomic E-state index is 11.1. The van der Waals surface area contributed by atoms with E-state index in [0.717, 1.165) is 19.3 Å². The molecule has 0 aliphatic rings. The van der Waals surface area contributed by atoms with Crippen molar-refractivity contribution in [2.75, 3.05) is 26.2 Å². The number of quaternary nitrogens is 1. The number of carboxylic acids is 3. The van der Waals surface area contributed by atoms with Gasteiger partial charge in [-0.25, -0.2) is 0 Å². The van der Waals surface area contributed by atoms with E-state index in [1.807, 2.05) is 0 Å². The second-order valence-electron chi connectivity index (χ2n) is 8.56. The van der Waals surface area contributed by atoms with Crippen LogP contribution >= 0.6 is 0 Å². The van der Waals surface area contributed by atoms with Gasteiger partial charge in [0.1, 0.15) is 0 Å². The van der Waals surface area contributed by atoms with Crippen LogP contribution in [0.15, 0.2) is 12.2 Å². The van der Waals surface area contributed by atoms with Crippen molar-refractivity contribution in [3.8, 4) is 0 Å². The van der Waals surface area contributed by atoms with Gasteiger partial charge in [-0.3, -0.25) is 14.4 Å². The standard InChI is InChI=1S/C24H43NO6/c1-2-3-4-5-6-7-8-9-10-11-12-13-14-18-25(19-15-22(26)27,20-16-23(28)29)21-17-24(30)31/h2-3H,4-21H2,1H3,(H2-,26,27,28,29,30,31)/p+1/b3-2+. The maximum atomic E-state index is 11.1. The molecular weight excluding hydrogens is 398 g/mol. The molecule has 7 nitrogen and oxygen atoms in total. The minimum atomic E-state index is -0.935. The normalized spacial score (nSPS) is 11.8. The topological polar surface area (TPSA) is 112 Å². The molecule has 0 heterocycles. The third-order valence-electron chi connectivity index (χ3n) is 5.89. The van der Waals surface area contributed by atoms with Crippen molar-refractivity contribution in [1.29, 1.82) is 0 Å². The fraction of sp³-hybridized carbons (Fsp3) is 0.792. The summed E-state index contributed by atoms with van der Waals surface area (Å²) in [5.74, 6) is -2.81. The summed E-state index contributed by atoms with van der Waals surface area (Å²) in [6.07, 6.45) is 17.1. The second kappa shape index (κ2) is 18.8. The van der Waals surface area contributed by atoms with Gasteiger partial charge >= 0.3 is 17.9 Å². The quantitative estimate of drug-likeness (QED) is 0.122. The summed E-state index contributed by atoms with van der Waals surface area (Å²) < 4.78 is 0.262. The summed E-state index contributed by atoms with van der Waals surface area (Å²) in [7, 11) is 0. The lowest BCUT2D eigenvalue weighted by molar-refractivity contribution is -0.927. The highest BCUT2D eigenvalue weighted by atomic mass is 16.4. The van der Waals surface area contributed by atoms with E-state index < -0.39 is 17.9 Å². The van der Waals surface area contributed by atoms with Gasteiger partial charge in [-0.15, -0.1) is 0 Å². The Hall–Kier alpha value is -1.89. The average molecular weight is 443 g/mol. The number of unbranched alkanes of at least 4 members (excludes halogenated alkanes) is 10. The van der Waals surface area contributed by atoms with E-state index in [0.29, 0.717) is 6.54 Å². The third-order valence-corrected chi connectivity index (χ3v) is 5.89. The molecule has 31 heavy (non-hydrogen) atoms. The Morgan fingerprint density at radius 2 is 0.935 bits per heavy atom. The molecule has 0 bridgehead atoms. The lowest BCUT2D eigenvalue weighted by Gasteiger charge is -2.38. The van der Waals surface area contributed by atoms with Crippen molar-refractivity contribution in [3.63, 3.8) is 0 Å². The van der Waals surface area contributed by atoms with Crippen LogP contribution < -0.4 is 0 Å². The minimum Gasteiger partial charge on any atom is -0.481 e. The zero-order valence-corrected chi connectivity index (χ0v) is 19.4. The van der Waals surface area contributed by atoms with Crippen molar-refractivity contribution in [3.05, 3.63) is 12.2 Å². The molecule has 0 radical (unpaired) electrons. The number of nitrogens with zero attached hydrogens (tertiary/aromatic N) is 1. The molecule has 0 amide bonds. The molecule has 3 N–H and O–H groups in total. The van der Waals surface area contributed by atoms with Crippen LogP contribution in [-0.2, 0) is 14.4 Å². The van der Waals surface area contributed by atoms with Crippen molar-refractivity contribution < 1.29 is 34.2 Å². The first-order valence-corrected chi connectivity index (χ1v) is 11.9. The van der Waals surface area contributed by atoms with Crippen LogP contribution in [0.25, 0.3) is 0 Å². The Kier molecular flexibility index (Phi) is 17.7. The Morgan fingerprint density at radius 1 is 0.581 bits per heavy atom. The number of hydrogen-bond acceptors (Lipinski definition) is 3. The molecule has 0 aromatic heterocycles. The summed E-state index contributed by atoms with van der Waals surface area (Å²) in [5, 5.41) is 27.2. The maximum Gasteiger partial charge on any atom is 0.309 e. The van der Waals surface area contributed by atoms with E-state index in [9.17, 15) is 14.4 Å². The van der Waals surface area contributed by atoms with Crippen molar-refractivity contribution in [2.24, 2.45) is 0 Å². The molecule has 0 rings (SSSR count). The zero-order valence-electron chi connectivity index (χ0n) is 19.4. The van der Waals surface area contributed by atoms with Crippen LogP contribution in [0.5, 0.6) is 0 Å². The summed E-state index contributed by atoms with van der Waals surface area (Å²) in [4.78, 5) is 33.2. The Balaban J connectivity index is 4.24. The van der Waals surface area contributed by atoms with Gasteiger partial charge < -0.3 is 19.8 Å². The molecule has 0 aliphatic heterocycles. The van der Waals surface area contributed by atoms with Gasteiger partial charge in [-0.1, -0.05) is 57.1 Å². The molecule has 0 spiro atoms. The van der Waals surface area contributed by atoms with Crippen molar-refractivity contribution >= 4 is 17.9 Å². The van der Waals surface area contributed by atoms with Crippen molar-refractivity contribution in [2.45, 2.75) is 96.8 Å². The predicted octanol–water partition coefficient (Wildman–Crippen LogP) is 5.09. The number of aliphatic carboxylic acids is 3. The Morgan fingerprint density at radius 3 is 1.29 bits per heavy atom. The highest BCUT2D eigenvalue weighted by molar-refractivity contribution is 5.67. The summed E-state index contributed by atoms with van der Waals surface area (Å²) in [5.41, 5.74) is 0. The number of allylic oxidation sites excluding steroid dienone is 2. The largest absolute Gasteiger partial charge is 0.481 e. The SMILES string of the molecule is C/C=C/CCCCCCCCCCCC[N+](CCC(=O)O)(CCC(=O)O)CCC(=O)O. The second-order valence-corrected chi connectivity index (χ2v) is 8.56. The molecular formula is C24H44NO6+. The fourth-order valence-corrected chi connectivity index (χ4v) is 3.96. The van der Waals surface area contributed by atoms with Gasteiger partial charge in [-0.2, -0.15) is 0 Å². The first kappa shape index (κ1) is 29.1. The molecule has 0 unspecified atom stereocenters. The zero-order chi connectivity index (χ0) is 23.4. The van der Waals surface area contributed by atoms with Gasteiger partial charge in [0.05, 0.1) is 45.4 Å². The van der Waals surface area contributed by atoms with Crippen LogP contribution in [0.1, 0.15) is 96.8 Å². The lowest BCUT2D eigenvalue weighted by atomic mass is 10.0. The molecule has 0 saturated carbocycles. The Bertz CT molecular complexity index is 487. The minimum absolute atomic E-state index is 0.0754. The highest BCUT2D eigenvalue weighted by Crippen LogP contribution is 2.17. The molecule has 0 fully saturated rings. The van der Waals surface area contributed by atoms with Gasteiger partial charge in [0.25, 0.3) is 0 Å². The van der Waals surface area contributed by atoms with Gasteiger partial charge in [-0.05, 0) is 32.6 Å². The van der Waals surface area contributed by atoms with Gasteiger partial charge in [0.15, 0.2) is 0 Å². The van der Waals surface area contributed by atoms with E-state index in [2.05, 4.69) is 19.1 Å². The van der Waals surface area contributed by atoms with Crippen LogP contribution in [0.4, 0.5) is 0 Å². The predicted molar refractivity (Wildman–Crippen MR) is 122 cm³/mol. The van der Waals surface area contributed by atoms with Crippen LogP contribution in [0.2, 0.25) is 0 Å². The van der Waals surface area contributed by atoms with E-state index in [1.54, 1.807) is 0 Å². The molecule has 0 atom stereocenters. The van der Waals surface area contributed by atoms with E-state index >= 15 is 0 Å². The van der Waals surface area contributed by atoms with Crippen molar-refractivity contribution in [1.82, 2.24) is 0 Å². The molecule has 0 aliphatic carbocycles. The van der Waals surface area contributed by atoms with E-state index in [-0.39, 0.29) is 43.4 Å². The first-order valence-electron chi connectivity index (χ1n) is 11.9. The molecule has 0 aromatic rings. The molecule has 180 valence electrons. The Labute approximate surface area is 187 Å². The number of rotatable bonds is 22. The highest BCUT2D eigenvalue weighted by Gasteiger charge is 2.29. The molecule has 0 saturated heterocycles. The number of hydrogen-bond donors (Lipinski definition) is 3. The van der Waals surface area contributed by atoms with Gasteiger partial charge in [0.2, 0.25) is 0 Å².